The Kier molecular flexibility index (Phi) is 6.47. The van der Waals surface area contributed by atoms with Gasteiger partial charge in [-0.2, -0.15) is 0 Å². The predicted octanol–water partition coefficient (Wildman–Crippen LogP) is 7.41. The maximum absolute atomic E-state index is 16.1. The van der Waals surface area contributed by atoms with Gasteiger partial charge in [0, 0.05) is 23.4 Å². The van der Waals surface area contributed by atoms with Gasteiger partial charge >= 0.3 is 0 Å². The molecule has 7 nitrogen and oxygen atoms in total. The molecule has 49 heavy (non-hydrogen) atoms. The molecule has 0 radical (unpaired) electrons. The van der Waals surface area contributed by atoms with Crippen LogP contribution in [0.2, 0.25) is 0 Å². The van der Waals surface area contributed by atoms with Crippen molar-refractivity contribution in [3.8, 4) is 23.0 Å². The van der Waals surface area contributed by atoms with Crippen LogP contribution in [-0.4, -0.2) is 56.5 Å². The summed E-state index contributed by atoms with van der Waals surface area (Å²) in [5.41, 5.74) is 2.34. The summed E-state index contributed by atoms with van der Waals surface area (Å²) < 4.78 is 17.4. The van der Waals surface area contributed by atoms with E-state index in [2.05, 4.69) is 36.1 Å². The number of methoxy groups -OCH3 is 3. The second-order valence-corrected chi connectivity index (χ2v) is 15.4. The highest BCUT2D eigenvalue weighted by atomic mass is 16.5. The van der Waals surface area contributed by atoms with Gasteiger partial charge in [-0.25, -0.2) is 0 Å². The summed E-state index contributed by atoms with van der Waals surface area (Å²) in [7, 11) is 6.88. The molecule has 1 heterocycles. The van der Waals surface area contributed by atoms with Crippen molar-refractivity contribution in [1.29, 1.82) is 0 Å². The van der Waals surface area contributed by atoms with Gasteiger partial charge in [-0.05, 0) is 114 Å². The molecule has 0 bridgehead atoms. The van der Waals surface area contributed by atoms with Gasteiger partial charge in [0.15, 0.2) is 17.3 Å². The summed E-state index contributed by atoms with van der Waals surface area (Å²) in [6.07, 6.45) is 4.15. The van der Waals surface area contributed by atoms with Crippen molar-refractivity contribution < 1.29 is 28.9 Å². The van der Waals surface area contributed by atoms with Crippen LogP contribution < -0.4 is 14.2 Å². The molecule has 3 fully saturated rings. The molecular weight excluding hydrogens is 614 g/mol. The van der Waals surface area contributed by atoms with E-state index in [9.17, 15) is 5.11 Å². The third-order valence-corrected chi connectivity index (χ3v) is 13.8. The third kappa shape index (κ3) is 3.57. The van der Waals surface area contributed by atoms with Gasteiger partial charge in [0.2, 0.25) is 5.75 Å². The Hall–Kier alpha value is -4.36. The summed E-state index contributed by atoms with van der Waals surface area (Å²) in [6, 6.07) is 22.1. The normalized spacial score (nSPS) is 32.8. The number of ketones is 2. The SMILES string of the molecule is COc1cc([C@H]2CN(C)[C@]3(C(=O)c4cccc5cccc3c45)[C@]23C[C@H]2[C@@H]4CCc5cc(O)ccc5[C@H]4CC[C@]2(C)C3=O)cc(OC)c1OC. The summed E-state index contributed by atoms with van der Waals surface area (Å²) in [5, 5.41) is 12.3. The van der Waals surface area contributed by atoms with E-state index in [1.807, 2.05) is 49.5 Å². The average molecular weight is 658 g/mol. The number of hydrogen-bond donors (Lipinski definition) is 1. The van der Waals surface area contributed by atoms with Crippen LogP contribution in [-0.2, 0) is 16.8 Å². The summed E-state index contributed by atoms with van der Waals surface area (Å²) in [5.74, 6) is 2.58. The number of Topliss-reactive ketones (excluding diaryl/α,β-unsaturated/α-hetero) is 2. The van der Waals surface area contributed by atoms with Crippen molar-refractivity contribution in [1.82, 2.24) is 4.90 Å². The summed E-state index contributed by atoms with van der Waals surface area (Å²) >= 11 is 0. The molecule has 0 aromatic heterocycles. The molecule has 1 aliphatic heterocycles. The molecule has 7 heteroatoms. The quantitative estimate of drug-likeness (QED) is 0.245. The maximum Gasteiger partial charge on any atom is 0.203 e. The summed E-state index contributed by atoms with van der Waals surface area (Å²) in [4.78, 5) is 33.7. The number of carbonyl (C=O) groups excluding carboxylic acids is 2. The molecular formula is C42H43NO6. The van der Waals surface area contributed by atoms with Gasteiger partial charge in [0.25, 0.3) is 0 Å². The highest BCUT2D eigenvalue weighted by Gasteiger charge is 2.79. The van der Waals surface area contributed by atoms with Gasteiger partial charge in [0.1, 0.15) is 17.1 Å². The average Bonchev–Trinajstić information content (AvgIpc) is 3.64. The van der Waals surface area contributed by atoms with Crippen molar-refractivity contribution >= 4 is 22.3 Å². The number of ether oxygens (including phenoxy) is 3. The maximum atomic E-state index is 16.1. The van der Waals surface area contributed by atoms with E-state index in [-0.39, 0.29) is 23.4 Å². The number of rotatable bonds is 4. The number of carbonyl (C=O) groups is 2. The Bertz CT molecular complexity index is 2060. The van der Waals surface area contributed by atoms with Crippen LogP contribution in [0.5, 0.6) is 23.0 Å². The molecule has 2 spiro atoms. The molecule has 2 saturated carbocycles. The lowest BCUT2D eigenvalue weighted by Crippen LogP contribution is -2.57. The van der Waals surface area contributed by atoms with Gasteiger partial charge in [0.05, 0.1) is 26.7 Å². The van der Waals surface area contributed by atoms with E-state index in [1.54, 1.807) is 21.3 Å². The van der Waals surface area contributed by atoms with E-state index in [1.165, 1.54) is 11.1 Å². The Labute approximate surface area is 287 Å². The van der Waals surface area contributed by atoms with Crippen LogP contribution in [0.3, 0.4) is 0 Å². The number of aromatic hydroxyl groups is 1. The van der Waals surface area contributed by atoms with E-state index in [0.29, 0.717) is 53.4 Å². The lowest BCUT2D eigenvalue weighted by molar-refractivity contribution is -0.139. The first-order valence-corrected chi connectivity index (χ1v) is 17.6. The highest BCUT2D eigenvalue weighted by Crippen LogP contribution is 2.75. The van der Waals surface area contributed by atoms with Crippen molar-refractivity contribution in [2.75, 3.05) is 34.9 Å². The Morgan fingerprint density at radius 2 is 1.63 bits per heavy atom. The zero-order chi connectivity index (χ0) is 34.0. The fourth-order valence-electron chi connectivity index (χ4n) is 11.9. The van der Waals surface area contributed by atoms with Crippen LogP contribution in [0.4, 0.5) is 0 Å². The minimum Gasteiger partial charge on any atom is -0.508 e. The molecule has 4 aromatic rings. The van der Waals surface area contributed by atoms with Gasteiger partial charge in [-0.15, -0.1) is 0 Å². The molecule has 4 aliphatic carbocycles. The number of benzene rings is 4. The van der Waals surface area contributed by atoms with Crippen molar-refractivity contribution in [2.45, 2.75) is 56.4 Å². The number of phenolic OH excluding ortho intramolecular Hbond substituents is 1. The standard InChI is InChI=1S/C42H43NO6/c1-40-17-16-28-27-15-13-26(44)18-24(27)12-14-29(28)32(40)21-41(39(40)46)33(25-19-34(47-3)37(49-5)35(20-25)48-4)22-43(2)42(41)31-11-7-9-23-8-6-10-30(36(23)31)38(42)45/h6-11,13,15,18-20,28-29,32-33,44H,12,14,16-17,21-22H2,1-5H3/t28-,29-,32+,33-,40+,41-,42-/m1/s1. The second-order valence-electron chi connectivity index (χ2n) is 15.4. The molecule has 1 saturated heterocycles. The highest BCUT2D eigenvalue weighted by molar-refractivity contribution is 6.23. The van der Waals surface area contributed by atoms with Crippen LogP contribution in [0.1, 0.15) is 77.1 Å². The van der Waals surface area contributed by atoms with Crippen molar-refractivity contribution in [2.24, 2.45) is 22.7 Å². The zero-order valence-electron chi connectivity index (χ0n) is 28.8. The molecule has 7 atom stereocenters. The van der Waals surface area contributed by atoms with Gasteiger partial charge in [-0.3, -0.25) is 14.5 Å². The van der Waals surface area contributed by atoms with Crippen LogP contribution in [0, 0.1) is 22.7 Å². The Balaban J connectivity index is 1.30. The van der Waals surface area contributed by atoms with Crippen LogP contribution in [0.25, 0.3) is 10.8 Å². The number of likely N-dealkylation sites (N-methyl/N-ethyl adjacent to an activating group) is 1. The summed E-state index contributed by atoms with van der Waals surface area (Å²) in [6.45, 7) is 2.74. The topological polar surface area (TPSA) is 85.3 Å². The Morgan fingerprint density at radius 1 is 0.898 bits per heavy atom. The van der Waals surface area contributed by atoms with E-state index in [0.717, 1.165) is 47.6 Å². The van der Waals surface area contributed by atoms with E-state index in [4.69, 9.17) is 14.2 Å². The van der Waals surface area contributed by atoms with Crippen LogP contribution >= 0.6 is 0 Å². The van der Waals surface area contributed by atoms with Crippen LogP contribution in [0.15, 0.2) is 66.7 Å². The molecule has 4 aromatic carbocycles. The minimum absolute atomic E-state index is 0.0355. The first-order chi connectivity index (χ1) is 23.6. The number of likely N-dealkylation sites (tertiary alicyclic amines) is 1. The van der Waals surface area contributed by atoms with Crippen molar-refractivity contribution in [3.05, 3.63) is 94.5 Å². The number of nitrogens with zero attached hydrogens (tertiary/aromatic N) is 1. The molecule has 9 rings (SSSR count). The molecule has 5 aliphatic rings. The third-order valence-electron chi connectivity index (χ3n) is 13.8. The largest absolute Gasteiger partial charge is 0.508 e. The lowest BCUT2D eigenvalue weighted by atomic mass is 9.55. The number of hydrogen-bond acceptors (Lipinski definition) is 7. The number of phenols is 1. The molecule has 252 valence electrons. The smallest absolute Gasteiger partial charge is 0.203 e. The first-order valence-electron chi connectivity index (χ1n) is 17.6. The second kappa shape index (κ2) is 10.3. The zero-order valence-corrected chi connectivity index (χ0v) is 28.8. The molecule has 1 N–H and O–H groups in total. The number of fused-ring (bicyclic) bond motifs is 7. The first kappa shape index (κ1) is 30.7. The number of aryl methyl sites for hydroxylation is 1. The fraction of sp³-hybridized carbons (Fsp3) is 0.429. The monoisotopic (exact) mass is 657 g/mol. The predicted molar refractivity (Wildman–Crippen MR) is 187 cm³/mol. The fourth-order valence-corrected chi connectivity index (χ4v) is 11.9. The minimum atomic E-state index is -1.16. The Morgan fingerprint density at radius 3 is 2.35 bits per heavy atom. The van der Waals surface area contributed by atoms with Gasteiger partial charge < -0.3 is 19.3 Å². The van der Waals surface area contributed by atoms with E-state index < -0.39 is 16.4 Å². The van der Waals surface area contributed by atoms with E-state index >= 15 is 9.59 Å². The lowest BCUT2D eigenvalue weighted by Gasteiger charge is -2.48. The van der Waals surface area contributed by atoms with Gasteiger partial charge in [-0.1, -0.05) is 49.4 Å². The molecule has 0 amide bonds. The van der Waals surface area contributed by atoms with Crippen molar-refractivity contribution in [3.63, 3.8) is 0 Å². The molecule has 0 unspecified atom stereocenters.